The smallest absolute Gasteiger partial charge is 0.383 e. The summed E-state index contributed by atoms with van der Waals surface area (Å²) < 4.78 is 53.9. The highest BCUT2D eigenvalue weighted by atomic mass is 35.5. The molecule has 5 rings (SSSR count). The lowest BCUT2D eigenvalue weighted by molar-refractivity contribution is -0.148. The van der Waals surface area contributed by atoms with Crippen LogP contribution in [0.15, 0.2) is 49.1 Å². The summed E-state index contributed by atoms with van der Waals surface area (Å²) in [6.45, 7) is -0.155. The van der Waals surface area contributed by atoms with E-state index in [1.807, 2.05) is 12.3 Å². The van der Waals surface area contributed by atoms with E-state index in [1.165, 1.54) is 23.2 Å². The van der Waals surface area contributed by atoms with Crippen molar-refractivity contribution in [2.45, 2.75) is 25.1 Å². The van der Waals surface area contributed by atoms with Crippen LogP contribution in [0, 0.1) is 5.82 Å². The molecule has 0 aliphatic carbocycles. The lowest BCUT2D eigenvalue weighted by atomic mass is 10.0. The molecule has 1 saturated heterocycles. The topological polar surface area (TPSA) is 72.9 Å². The van der Waals surface area contributed by atoms with E-state index in [0.29, 0.717) is 53.0 Å². The van der Waals surface area contributed by atoms with E-state index in [2.05, 4.69) is 15.1 Å². The summed E-state index contributed by atoms with van der Waals surface area (Å²) in [5.74, 6) is -0.155. The van der Waals surface area contributed by atoms with Crippen LogP contribution in [0.1, 0.15) is 18.9 Å². The number of hydrogen-bond acceptors (Lipinski definition) is 5. The van der Waals surface area contributed by atoms with Gasteiger partial charge in [0, 0.05) is 64.2 Å². The van der Waals surface area contributed by atoms with E-state index in [1.54, 1.807) is 23.1 Å². The quantitative estimate of drug-likeness (QED) is 0.278. The summed E-state index contributed by atoms with van der Waals surface area (Å²) >= 11 is 6.26. The second kappa shape index (κ2) is 11.4. The first-order chi connectivity index (χ1) is 16.7. The van der Waals surface area contributed by atoms with Crippen molar-refractivity contribution in [1.29, 1.82) is 0 Å². The normalized spacial score (nSPS) is 14.8. The molecule has 1 aliphatic heterocycles. The van der Waals surface area contributed by atoms with E-state index >= 15 is 0 Å². The molecule has 0 spiro atoms. The molecule has 13 heteroatoms. The van der Waals surface area contributed by atoms with Gasteiger partial charge >= 0.3 is 6.18 Å². The summed E-state index contributed by atoms with van der Waals surface area (Å²) in [5.41, 5.74) is 8.74. The maximum absolute atomic E-state index is 14.1. The Morgan fingerprint density at radius 3 is 2.41 bits per heavy atom. The first kappa shape index (κ1) is 28.9. The zero-order chi connectivity index (χ0) is 24.7. The average Bonchev–Trinajstić information content (AvgIpc) is 3.31. The van der Waals surface area contributed by atoms with Crippen LogP contribution in [0.4, 0.5) is 23.4 Å². The minimum absolute atomic E-state index is 0. The molecule has 6 nitrogen and oxygen atoms in total. The molecule has 4 aromatic rings. The van der Waals surface area contributed by atoms with Gasteiger partial charge in [0.2, 0.25) is 0 Å². The number of nitrogens with zero attached hydrogens (tertiary/aromatic N) is 5. The van der Waals surface area contributed by atoms with E-state index < -0.39 is 18.5 Å². The molecule has 0 radical (unpaired) electrons. The summed E-state index contributed by atoms with van der Waals surface area (Å²) in [5, 5.41) is 5.67. The number of aromatic nitrogens is 4. The first-order valence-electron chi connectivity index (χ1n) is 11.0. The van der Waals surface area contributed by atoms with Crippen LogP contribution < -0.4 is 5.73 Å². The maximum Gasteiger partial charge on any atom is 0.401 e. The Morgan fingerprint density at radius 2 is 1.70 bits per heavy atom. The molecule has 1 fully saturated rings. The zero-order valence-corrected chi connectivity index (χ0v) is 21.6. The Kier molecular flexibility index (Phi) is 8.89. The number of benzene rings is 1. The summed E-state index contributed by atoms with van der Waals surface area (Å²) in [6.07, 6.45) is 3.58. The number of piperidine rings is 1. The van der Waals surface area contributed by atoms with Crippen molar-refractivity contribution in [2.75, 3.05) is 25.4 Å². The van der Waals surface area contributed by atoms with E-state index in [0.717, 1.165) is 11.1 Å². The lowest BCUT2D eigenvalue weighted by Gasteiger charge is -2.32. The van der Waals surface area contributed by atoms with Crippen LogP contribution >= 0.6 is 36.4 Å². The number of anilines is 1. The van der Waals surface area contributed by atoms with Gasteiger partial charge in [-0.05, 0) is 37.1 Å². The average molecular weight is 578 g/mol. The number of fused-ring (bicyclic) bond motifs is 1. The van der Waals surface area contributed by atoms with E-state index in [4.69, 9.17) is 17.3 Å². The van der Waals surface area contributed by atoms with Crippen molar-refractivity contribution in [2.24, 2.45) is 0 Å². The molecule has 4 heterocycles. The van der Waals surface area contributed by atoms with E-state index in [-0.39, 0.29) is 36.7 Å². The van der Waals surface area contributed by atoms with Gasteiger partial charge in [0.05, 0.1) is 24.5 Å². The van der Waals surface area contributed by atoms with Crippen LogP contribution in [-0.4, -0.2) is 50.5 Å². The fourth-order valence-corrected chi connectivity index (χ4v) is 4.66. The predicted octanol–water partition coefficient (Wildman–Crippen LogP) is 6.58. The minimum Gasteiger partial charge on any atom is -0.383 e. The number of nitrogen functional groups attached to an aromatic ring is 1. The monoisotopic (exact) mass is 576 g/mol. The van der Waals surface area contributed by atoms with Gasteiger partial charge in [-0.25, -0.2) is 9.37 Å². The van der Waals surface area contributed by atoms with Gasteiger partial charge in [0.1, 0.15) is 11.6 Å². The van der Waals surface area contributed by atoms with Crippen LogP contribution in [0.5, 0.6) is 0 Å². The van der Waals surface area contributed by atoms with Gasteiger partial charge in [-0.3, -0.25) is 14.6 Å². The largest absolute Gasteiger partial charge is 0.401 e. The number of nitrogens with two attached hydrogens (primary N) is 1. The molecule has 0 atom stereocenters. The zero-order valence-electron chi connectivity index (χ0n) is 19.3. The lowest BCUT2D eigenvalue weighted by Crippen LogP contribution is -2.40. The molecule has 1 aliphatic rings. The Balaban J connectivity index is 0.00000190. The SMILES string of the molecule is Cl.Cl.Nc1ncc(-c2cnn(C3CCN(CC(F)(F)F)CC3)c2)cc1-c1cc2c(Cl)ccc(F)c2cn1. The van der Waals surface area contributed by atoms with Crippen LogP contribution in [0.3, 0.4) is 0 Å². The summed E-state index contributed by atoms with van der Waals surface area (Å²) in [7, 11) is 0. The molecular formula is C24H23Cl3F4N6. The molecule has 3 aromatic heterocycles. The third-order valence-electron chi connectivity index (χ3n) is 6.26. The molecule has 0 unspecified atom stereocenters. The van der Waals surface area contributed by atoms with Crippen LogP contribution in [0.2, 0.25) is 5.02 Å². The molecule has 0 amide bonds. The third kappa shape index (κ3) is 6.26. The van der Waals surface area contributed by atoms with Crippen molar-refractivity contribution < 1.29 is 17.6 Å². The second-order valence-electron chi connectivity index (χ2n) is 8.63. The first-order valence-corrected chi connectivity index (χ1v) is 11.4. The highest BCUT2D eigenvalue weighted by Crippen LogP contribution is 2.33. The number of rotatable bonds is 4. The fourth-order valence-electron chi connectivity index (χ4n) is 4.44. The number of alkyl halides is 3. The Morgan fingerprint density at radius 1 is 0.973 bits per heavy atom. The van der Waals surface area contributed by atoms with Gasteiger partial charge < -0.3 is 5.73 Å². The Hall–Kier alpha value is -2.66. The number of halogens is 7. The highest BCUT2D eigenvalue weighted by Gasteiger charge is 2.33. The van der Waals surface area contributed by atoms with Crippen molar-refractivity contribution in [1.82, 2.24) is 24.6 Å². The molecule has 198 valence electrons. The number of pyridine rings is 2. The van der Waals surface area contributed by atoms with Crippen molar-refractivity contribution in [3.8, 4) is 22.4 Å². The molecule has 0 saturated carbocycles. The Bertz CT molecular complexity index is 1390. The molecule has 1 aromatic carbocycles. The molecule has 0 bridgehead atoms. The highest BCUT2D eigenvalue weighted by molar-refractivity contribution is 6.35. The van der Waals surface area contributed by atoms with Crippen LogP contribution in [0.25, 0.3) is 33.2 Å². The van der Waals surface area contributed by atoms with Gasteiger partial charge in [0.15, 0.2) is 0 Å². The maximum atomic E-state index is 14.1. The molecule has 2 N–H and O–H groups in total. The molecular weight excluding hydrogens is 555 g/mol. The van der Waals surface area contributed by atoms with Gasteiger partial charge in [-0.1, -0.05) is 11.6 Å². The van der Waals surface area contributed by atoms with Crippen LogP contribution in [-0.2, 0) is 0 Å². The van der Waals surface area contributed by atoms with Gasteiger partial charge in [-0.2, -0.15) is 18.3 Å². The van der Waals surface area contributed by atoms with E-state index in [9.17, 15) is 17.6 Å². The fraction of sp³-hybridized carbons (Fsp3) is 0.292. The number of hydrogen-bond donors (Lipinski definition) is 1. The summed E-state index contributed by atoms with van der Waals surface area (Å²) in [6, 6.07) is 6.31. The second-order valence-corrected chi connectivity index (χ2v) is 9.04. The van der Waals surface area contributed by atoms with Crippen molar-refractivity contribution >= 4 is 53.0 Å². The van der Waals surface area contributed by atoms with Crippen molar-refractivity contribution in [3.05, 3.63) is 59.9 Å². The summed E-state index contributed by atoms with van der Waals surface area (Å²) in [4.78, 5) is 10.1. The van der Waals surface area contributed by atoms with Gasteiger partial charge in [0.25, 0.3) is 0 Å². The standard InChI is InChI=1S/C24H21ClF4N6.2ClH/c25-20-1-2-21(26)19-11-31-22(8-17(19)20)18-7-14(9-32-23(18)30)15-10-33-35(12-15)16-3-5-34(6-4-16)13-24(27,28)29;;/h1-2,7-12,16H,3-6,13H2,(H2,30,32);2*1H. The van der Waals surface area contributed by atoms with Crippen molar-refractivity contribution in [3.63, 3.8) is 0 Å². The Labute approximate surface area is 227 Å². The third-order valence-corrected chi connectivity index (χ3v) is 6.59. The molecule has 37 heavy (non-hydrogen) atoms. The number of likely N-dealkylation sites (tertiary alicyclic amines) is 1. The minimum atomic E-state index is -4.19. The predicted molar refractivity (Wildman–Crippen MR) is 141 cm³/mol. The van der Waals surface area contributed by atoms with Gasteiger partial charge in [-0.15, -0.1) is 24.8 Å².